The fraction of sp³-hybridized carbons (Fsp3) is 0.581. The predicted molar refractivity (Wildman–Crippen MR) is 174 cm³/mol. The van der Waals surface area contributed by atoms with Gasteiger partial charge < -0.3 is 29.5 Å². The standard InChI is InChI=1S/C31H48ClN4O5P/c1-34(2)24-11-13-26-28(22-24)36(29-23-25(35(3)4)12-14-27(29)31(26)42(38)39)17-9-10-30(37)33-16-19-41-21-20-40-18-8-6-5-7-15-32/h11-14,22-24,42H,5-10,15-21H2,1-4H3,(H,33,37)(H,38,39). The van der Waals surface area contributed by atoms with Crippen LogP contribution in [0.4, 0.5) is 11.4 Å². The molecule has 1 aliphatic carbocycles. The van der Waals surface area contributed by atoms with Gasteiger partial charge in [-0.3, -0.25) is 14.3 Å². The van der Waals surface area contributed by atoms with E-state index in [4.69, 9.17) is 21.1 Å². The minimum absolute atomic E-state index is 0.0216. The number of hydrogen-bond donors (Lipinski definition) is 2. The SMILES string of the molecule is CN(C)c1ccc2c(c1)N(CCCC(=O)NCCOCCOCCCCCCCl)C1=CC(N(C)C)C=CC1=C2[PH](=O)O. The summed E-state index contributed by atoms with van der Waals surface area (Å²) in [5, 5.41) is 3.43. The molecule has 11 heteroatoms. The van der Waals surface area contributed by atoms with Crippen LogP contribution in [-0.4, -0.2) is 95.3 Å². The summed E-state index contributed by atoms with van der Waals surface area (Å²) in [5.74, 6) is 0.699. The molecule has 9 nitrogen and oxygen atoms in total. The Morgan fingerprint density at radius 3 is 2.48 bits per heavy atom. The number of unbranched alkanes of at least 4 members (excludes halogenated alkanes) is 3. The molecule has 0 saturated heterocycles. The molecule has 3 rings (SSSR count). The number of halogens is 1. The summed E-state index contributed by atoms with van der Waals surface area (Å²) >= 11 is 5.68. The number of carbonyl (C=O) groups is 1. The number of ether oxygens (including phenoxy) is 2. The van der Waals surface area contributed by atoms with Crippen molar-refractivity contribution in [2.45, 2.75) is 44.6 Å². The first kappa shape index (κ1) is 34.4. The summed E-state index contributed by atoms with van der Waals surface area (Å²) in [7, 11) is 5.00. The highest BCUT2D eigenvalue weighted by molar-refractivity contribution is 7.50. The van der Waals surface area contributed by atoms with E-state index in [2.05, 4.69) is 27.3 Å². The van der Waals surface area contributed by atoms with Crippen LogP contribution in [0, 0.1) is 0 Å². The number of carbonyl (C=O) groups excluding carboxylic acids is 1. The Kier molecular flexibility index (Phi) is 14.6. The fourth-order valence-corrected chi connectivity index (χ4v) is 6.13. The first-order chi connectivity index (χ1) is 20.2. The van der Waals surface area contributed by atoms with E-state index in [9.17, 15) is 14.3 Å². The highest BCUT2D eigenvalue weighted by Gasteiger charge is 2.32. The molecule has 2 N–H and O–H groups in total. The minimum Gasteiger partial charge on any atom is -0.379 e. The fourth-order valence-electron chi connectivity index (χ4n) is 5.06. The molecule has 1 heterocycles. The summed E-state index contributed by atoms with van der Waals surface area (Å²) in [6.45, 7) is 3.30. The Bertz CT molecular complexity index is 1150. The van der Waals surface area contributed by atoms with Gasteiger partial charge in [-0.05, 0) is 57.6 Å². The van der Waals surface area contributed by atoms with Crippen LogP contribution < -0.4 is 15.1 Å². The molecular weight excluding hydrogens is 575 g/mol. The van der Waals surface area contributed by atoms with Crippen molar-refractivity contribution in [2.24, 2.45) is 0 Å². The largest absolute Gasteiger partial charge is 0.379 e. The van der Waals surface area contributed by atoms with Crippen molar-refractivity contribution in [2.75, 3.05) is 83.4 Å². The first-order valence-electron chi connectivity index (χ1n) is 14.9. The number of nitrogens with zero attached hydrogens (tertiary/aromatic N) is 3. The zero-order chi connectivity index (χ0) is 30.5. The summed E-state index contributed by atoms with van der Waals surface area (Å²) in [5.41, 5.74) is 4.34. The van der Waals surface area contributed by atoms with Gasteiger partial charge in [0.1, 0.15) is 0 Å². The molecule has 1 amide bonds. The lowest BCUT2D eigenvalue weighted by Crippen LogP contribution is -2.35. The van der Waals surface area contributed by atoms with Crippen LogP contribution in [0.2, 0.25) is 0 Å². The van der Waals surface area contributed by atoms with Crippen LogP contribution in [0.1, 0.15) is 44.1 Å². The lowest BCUT2D eigenvalue weighted by Gasteiger charge is -2.38. The molecule has 1 aliphatic heterocycles. The van der Waals surface area contributed by atoms with Gasteiger partial charge in [0.25, 0.3) is 0 Å². The van der Waals surface area contributed by atoms with Gasteiger partial charge in [0.05, 0.1) is 30.8 Å². The lowest BCUT2D eigenvalue weighted by molar-refractivity contribution is -0.121. The molecule has 0 aromatic heterocycles. The van der Waals surface area contributed by atoms with Crippen LogP contribution in [-0.2, 0) is 18.8 Å². The van der Waals surface area contributed by atoms with Gasteiger partial charge in [-0.2, -0.15) is 0 Å². The number of likely N-dealkylation sites (N-methyl/N-ethyl adjacent to an activating group) is 1. The topological polar surface area (TPSA) is 94.6 Å². The second-order valence-corrected chi connectivity index (χ2v) is 12.5. The Morgan fingerprint density at radius 1 is 1.05 bits per heavy atom. The first-order valence-corrected chi connectivity index (χ1v) is 16.8. The lowest BCUT2D eigenvalue weighted by atomic mass is 9.92. The maximum absolute atomic E-state index is 12.6. The highest BCUT2D eigenvalue weighted by Crippen LogP contribution is 2.51. The number of allylic oxidation sites excluding steroid dienone is 1. The molecule has 2 aliphatic rings. The van der Waals surface area contributed by atoms with E-state index >= 15 is 0 Å². The van der Waals surface area contributed by atoms with E-state index in [-0.39, 0.29) is 11.9 Å². The number of benzene rings is 1. The van der Waals surface area contributed by atoms with Crippen molar-refractivity contribution in [3.63, 3.8) is 0 Å². The Labute approximate surface area is 257 Å². The maximum Gasteiger partial charge on any atom is 0.220 e. The van der Waals surface area contributed by atoms with E-state index in [1.54, 1.807) is 0 Å². The molecule has 1 aromatic rings. The Morgan fingerprint density at radius 2 is 1.79 bits per heavy atom. The number of anilines is 2. The van der Waals surface area contributed by atoms with Gasteiger partial charge in [0.2, 0.25) is 13.9 Å². The van der Waals surface area contributed by atoms with Gasteiger partial charge in [-0.15, -0.1) is 11.6 Å². The van der Waals surface area contributed by atoms with Crippen LogP contribution in [0.25, 0.3) is 5.31 Å². The summed E-state index contributed by atoms with van der Waals surface area (Å²) < 4.78 is 23.8. The number of alkyl halides is 1. The third-order valence-corrected chi connectivity index (χ3v) is 8.62. The molecule has 0 radical (unpaired) electrons. The van der Waals surface area contributed by atoms with Crippen LogP contribution >= 0.6 is 19.6 Å². The maximum atomic E-state index is 12.6. The molecular formula is C31H48ClN4O5P. The molecule has 42 heavy (non-hydrogen) atoms. The molecule has 0 saturated carbocycles. The third-order valence-electron chi connectivity index (χ3n) is 7.39. The minimum atomic E-state index is -2.97. The number of fused-ring (bicyclic) bond motifs is 2. The number of nitrogens with one attached hydrogen (secondary N) is 1. The molecule has 2 atom stereocenters. The van der Waals surface area contributed by atoms with Crippen molar-refractivity contribution in [1.29, 1.82) is 0 Å². The summed E-state index contributed by atoms with van der Waals surface area (Å²) in [6.07, 6.45) is 11.5. The van der Waals surface area contributed by atoms with E-state index in [0.717, 1.165) is 66.4 Å². The molecule has 2 unspecified atom stereocenters. The van der Waals surface area contributed by atoms with Gasteiger partial charge in [-0.25, -0.2) is 0 Å². The van der Waals surface area contributed by atoms with Crippen molar-refractivity contribution >= 4 is 42.2 Å². The zero-order valence-corrected chi connectivity index (χ0v) is 27.3. The Balaban J connectivity index is 1.54. The molecule has 0 bridgehead atoms. The average Bonchev–Trinajstić information content (AvgIpc) is 2.96. The van der Waals surface area contributed by atoms with Gasteiger partial charge in [0, 0.05) is 74.7 Å². The summed E-state index contributed by atoms with van der Waals surface area (Å²) in [4.78, 5) is 29.3. The quantitative estimate of drug-likeness (QED) is 0.128. The number of amides is 1. The summed E-state index contributed by atoms with van der Waals surface area (Å²) in [6, 6.07) is 6.02. The second kappa shape index (κ2) is 17.9. The monoisotopic (exact) mass is 622 g/mol. The van der Waals surface area contributed by atoms with Gasteiger partial charge in [0.15, 0.2) is 0 Å². The highest BCUT2D eigenvalue weighted by atomic mass is 35.5. The smallest absolute Gasteiger partial charge is 0.220 e. The zero-order valence-electron chi connectivity index (χ0n) is 25.5. The van der Waals surface area contributed by atoms with E-state index in [1.807, 2.05) is 57.4 Å². The van der Waals surface area contributed by atoms with Crippen molar-refractivity contribution in [3.8, 4) is 0 Å². The average molecular weight is 623 g/mol. The van der Waals surface area contributed by atoms with E-state index in [0.29, 0.717) is 51.1 Å². The molecule has 0 spiro atoms. The molecule has 1 aromatic carbocycles. The second-order valence-electron chi connectivity index (χ2n) is 11.0. The number of rotatable bonds is 19. The third kappa shape index (κ3) is 9.97. The predicted octanol–water partition coefficient (Wildman–Crippen LogP) is 4.86. The van der Waals surface area contributed by atoms with Crippen LogP contribution in [0.3, 0.4) is 0 Å². The van der Waals surface area contributed by atoms with Crippen molar-refractivity contribution in [1.82, 2.24) is 10.2 Å². The molecule has 234 valence electrons. The van der Waals surface area contributed by atoms with Crippen LogP contribution in [0.5, 0.6) is 0 Å². The van der Waals surface area contributed by atoms with E-state index in [1.165, 1.54) is 0 Å². The van der Waals surface area contributed by atoms with Crippen LogP contribution in [0.15, 0.2) is 47.7 Å². The molecule has 0 fully saturated rings. The number of hydrogen-bond acceptors (Lipinski definition) is 7. The van der Waals surface area contributed by atoms with E-state index < -0.39 is 8.03 Å². The Hall–Kier alpha value is -2.13. The van der Waals surface area contributed by atoms with Crippen molar-refractivity contribution < 1.29 is 23.7 Å². The van der Waals surface area contributed by atoms with Gasteiger partial charge >= 0.3 is 0 Å². The van der Waals surface area contributed by atoms with Crippen molar-refractivity contribution in [3.05, 3.63) is 53.3 Å². The van der Waals surface area contributed by atoms with Gasteiger partial charge in [-0.1, -0.05) is 25.0 Å². The normalized spacial score (nSPS) is 16.8.